The first-order valence-corrected chi connectivity index (χ1v) is 10.1. The smallest absolute Gasteiger partial charge is 0.118 e. The summed E-state index contributed by atoms with van der Waals surface area (Å²) in [5, 5.41) is 0. The van der Waals surface area contributed by atoms with Crippen LogP contribution in [0.25, 0.3) is 16.7 Å². The Morgan fingerprint density at radius 3 is 2.14 bits per heavy atom. The van der Waals surface area contributed by atoms with Gasteiger partial charge in [0.2, 0.25) is 0 Å². The van der Waals surface area contributed by atoms with Gasteiger partial charge in [0.05, 0.1) is 7.11 Å². The van der Waals surface area contributed by atoms with Crippen LogP contribution in [0.5, 0.6) is 5.75 Å². The van der Waals surface area contributed by atoms with Gasteiger partial charge < -0.3 is 4.74 Å². The number of methoxy groups -OCH3 is 1. The van der Waals surface area contributed by atoms with E-state index < -0.39 is 0 Å². The molecular formula is C27H28O. The zero-order chi connectivity index (χ0) is 19.5. The second kappa shape index (κ2) is 8.06. The Kier molecular flexibility index (Phi) is 5.34. The van der Waals surface area contributed by atoms with Crippen LogP contribution in [-0.2, 0) is 0 Å². The second-order valence-corrected chi connectivity index (χ2v) is 7.87. The van der Waals surface area contributed by atoms with Crippen molar-refractivity contribution in [3.8, 4) is 16.9 Å². The fourth-order valence-corrected chi connectivity index (χ4v) is 4.20. The summed E-state index contributed by atoms with van der Waals surface area (Å²) < 4.78 is 5.28. The third-order valence-electron chi connectivity index (χ3n) is 5.96. The largest absolute Gasteiger partial charge is 0.497 e. The molecule has 0 saturated heterocycles. The molecule has 0 amide bonds. The number of benzene rings is 3. The van der Waals surface area contributed by atoms with Crippen LogP contribution >= 0.6 is 0 Å². The summed E-state index contributed by atoms with van der Waals surface area (Å²) in [5.74, 6) is 1.54. The zero-order valence-corrected chi connectivity index (χ0v) is 17.0. The Balaban J connectivity index is 1.51. The predicted octanol–water partition coefficient (Wildman–Crippen LogP) is 7.33. The highest BCUT2D eigenvalue weighted by atomic mass is 16.5. The lowest BCUT2D eigenvalue weighted by Gasteiger charge is -2.23. The topological polar surface area (TPSA) is 9.23 Å². The van der Waals surface area contributed by atoms with Crippen LogP contribution in [0, 0.1) is 13.8 Å². The van der Waals surface area contributed by atoms with E-state index in [0.29, 0.717) is 5.92 Å². The van der Waals surface area contributed by atoms with Gasteiger partial charge in [-0.15, -0.1) is 0 Å². The van der Waals surface area contributed by atoms with Crippen LogP contribution in [0.1, 0.15) is 47.4 Å². The molecule has 1 aliphatic rings. The normalized spacial score (nSPS) is 16.5. The first kappa shape index (κ1) is 18.6. The van der Waals surface area contributed by atoms with Gasteiger partial charge in [-0.3, -0.25) is 0 Å². The van der Waals surface area contributed by atoms with Gasteiger partial charge in [0.1, 0.15) is 5.75 Å². The Morgan fingerprint density at radius 1 is 0.821 bits per heavy atom. The number of ether oxygens (including phenoxy) is 1. The molecule has 4 rings (SSSR count). The van der Waals surface area contributed by atoms with E-state index >= 15 is 0 Å². The summed E-state index contributed by atoms with van der Waals surface area (Å²) in [5.41, 5.74) is 9.56. The molecule has 1 heteroatoms. The molecule has 0 bridgehead atoms. The fourth-order valence-electron chi connectivity index (χ4n) is 4.20. The molecule has 3 aromatic rings. The van der Waals surface area contributed by atoms with Gasteiger partial charge in [-0.05, 0) is 84.6 Å². The van der Waals surface area contributed by atoms with Gasteiger partial charge >= 0.3 is 0 Å². The lowest BCUT2D eigenvalue weighted by molar-refractivity contribution is 0.414. The summed E-state index contributed by atoms with van der Waals surface area (Å²) in [6.07, 6.45) is 5.90. The molecule has 0 heterocycles. The van der Waals surface area contributed by atoms with Crippen molar-refractivity contribution in [3.05, 3.63) is 95.1 Å². The van der Waals surface area contributed by atoms with Crippen molar-refractivity contribution >= 4 is 5.57 Å². The van der Waals surface area contributed by atoms with Crippen LogP contribution in [0.3, 0.4) is 0 Å². The van der Waals surface area contributed by atoms with Crippen LogP contribution in [0.4, 0.5) is 0 Å². The van der Waals surface area contributed by atoms with E-state index in [4.69, 9.17) is 4.74 Å². The lowest BCUT2D eigenvalue weighted by Crippen LogP contribution is -2.04. The molecule has 0 aromatic heterocycles. The number of hydrogen-bond donors (Lipinski definition) is 0. The molecule has 142 valence electrons. The first-order chi connectivity index (χ1) is 13.6. The maximum absolute atomic E-state index is 5.28. The summed E-state index contributed by atoms with van der Waals surface area (Å²) in [7, 11) is 1.72. The Bertz CT molecular complexity index is 978. The van der Waals surface area contributed by atoms with E-state index in [9.17, 15) is 0 Å². The van der Waals surface area contributed by atoms with Gasteiger partial charge in [0.15, 0.2) is 0 Å². The minimum Gasteiger partial charge on any atom is -0.497 e. The molecule has 0 N–H and O–H groups in total. The molecule has 0 saturated carbocycles. The monoisotopic (exact) mass is 368 g/mol. The fraction of sp³-hybridized carbons (Fsp3) is 0.259. The summed E-state index contributed by atoms with van der Waals surface area (Å²) in [6.45, 7) is 4.36. The average Bonchev–Trinajstić information content (AvgIpc) is 2.75. The van der Waals surface area contributed by atoms with Gasteiger partial charge in [-0.1, -0.05) is 66.2 Å². The number of aryl methyl sites for hydroxylation is 2. The van der Waals surface area contributed by atoms with Gasteiger partial charge in [-0.2, -0.15) is 0 Å². The minimum absolute atomic E-state index is 0.614. The standard InChI is InChI=1S/C27H28O/c1-19-4-6-24(7-5-19)27-17-14-25(18-20(27)2)23-10-8-21(9-11-23)22-12-15-26(28-3)16-13-22/h4-7,10,12-18,21H,8-9,11H2,1-3H3. The van der Waals surface area contributed by atoms with E-state index in [0.717, 1.165) is 18.6 Å². The van der Waals surface area contributed by atoms with E-state index in [2.05, 4.69) is 86.7 Å². The van der Waals surface area contributed by atoms with Gasteiger partial charge in [-0.25, -0.2) is 0 Å². The second-order valence-electron chi connectivity index (χ2n) is 7.87. The van der Waals surface area contributed by atoms with E-state index in [1.807, 2.05) is 0 Å². The van der Waals surface area contributed by atoms with Gasteiger partial charge in [0, 0.05) is 0 Å². The van der Waals surface area contributed by atoms with E-state index in [-0.39, 0.29) is 0 Å². The number of hydrogen-bond acceptors (Lipinski definition) is 1. The maximum Gasteiger partial charge on any atom is 0.118 e. The highest BCUT2D eigenvalue weighted by Crippen LogP contribution is 2.37. The Morgan fingerprint density at radius 2 is 1.54 bits per heavy atom. The van der Waals surface area contributed by atoms with Crippen LogP contribution in [0.2, 0.25) is 0 Å². The quantitative estimate of drug-likeness (QED) is 0.468. The molecule has 1 atom stereocenters. The molecule has 1 aliphatic carbocycles. The zero-order valence-electron chi connectivity index (χ0n) is 17.0. The minimum atomic E-state index is 0.614. The molecule has 0 radical (unpaired) electrons. The summed E-state index contributed by atoms with van der Waals surface area (Å²) in [6, 6.07) is 24.3. The van der Waals surface area contributed by atoms with Crippen LogP contribution in [-0.4, -0.2) is 7.11 Å². The maximum atomic E-state index is 5.28. The van der Waals surface area contributed by atoms with Crippen LogP contribution < -0.4 is 4.74 Å². The Hall–Kier alpha value is -2.80. The van der Waals surface area contributed by atoms with Crippen LogP contribution in [0.15, 0.2) is 72.8 Å². The Labute approximate surface area is 168 Å². The molecule has 0 aliphatic heterocycles. The van der Waals surface area contributed by atoms with Crippen molar-refractivity contribution in [3.63, 3.8) is 0 Å². The summed E-state index contributed by atoms with van der Waals surface area (Å²) in [4.78, 5) is 0. The molecule has 1 nitrogen and oxygen atoms in total. The highest BCUT2D eigenvalue weighted by Gasteiger charge is 2.17. The average molecular weight is 369 g/mol. The third kappa shape index (κ3) is 3.89. The van der Waals surface area contributed by atoms with Crippen molar-refractivity contribution in [1.82, 2.24) is 0 Å². The highest BCUT2D eigenvalue weighted by molar-refractivity contribution is 5.73. The molecule has 0 fully saturated rings. The molecular weight excluding hydrogens is 340 g/mol. The molecule has 3 aromatic carbocycles. The lowest BCUT2D eigenvalue weighted by atomic mass is 9.82. The number of rotatable bonds is 4. The SMILES string of the molecule is COc1ccc(C2CC=C(c3ccc(-c4ccc(C)cc4)c(C)c3)CC2)cc1. The summed E-state index contributed by atoms with van der Waals surface area (Å²) >= 11 is 0. The van der Waals surface area contributed by atoms with Crippen molar-refractivity contribution in [2.24, 2.45) is 0 Å². The van der Waals surface area contributed by atoms with Crippen molar-refractivity contribution in [1.29, 1.82) is 0 Å². The van der Waals surface area contributed by atoms with E-state index in [1.165, 1.54) is 45.4 Å². The third-order valence-corrected chi connectivity index (χ3v) is 5.96. The molecule has 0 spiro atoms. The predicted molar refractivity (Wildman–Crippen MR) is 119 cm³/mol. The van der Waals surface area contributed by atoms with Crippen molar-refractivity contribution < 1.29 is 4.74 Å². The molecule has 28 heavy (non-hydrogen) atoms. The number of allylic oxidation sites excluding steroid dienone is 2. The molecule has 1 unspecified atom stereocenters. The van der Waals surface area contributed by atoms with E-state index in [1.54, 1.807) is 7.11 Å². The van der Waals surface area contributed by atoms with Crippen molar-refractivity contribution in [2.75, 3.05) is 7.11 Å². The first-order valence-electron chi connectivity index (χ1n) is 10.1. The van der Waals surface area contributed by atoms with Crippen molar-refractivity contribution in [2.45, 2.75) is 39.0 Å². The van der Waals surface area contributed by atoms with Gasteiger partial charge in [0.25, 0.3) is 0 Å².